The molecule has 2 amide bonds. The largest absolute Gasteiger partial charge is 0.355 e. The van der Waals surface area contributed by atoms with E-state index >= 15 is 0 Å². The molecule has 2 aromatic rings. The van der Waals surface area contributed by atoms with Crippen LogP contribution in [0.5, 0.6) is 0 Å². The molecular formula is C14H14N2O2. The van der Waals surface area contributed by atoms with Crippen molar-refractivity contribution >= 4 is 22.6 Å². The molecule has 0 aliphatic carbocycles. The molecule has 0 radical (unpaired) electrons. The second kappa shape index (κ2) is 4.87. The van der Waals surface area contributed by atoms with E-state index in [2.05, 4.69) is 10.6 Å². The molecule has 0 aliphatic rings. The molecule has 0 spiro atoms. The third-order valence-corrected chi connectivity index (χ3v) is 2.82. The molecule has 0 saturated heterocycles. The highest BCUT2D eigenvalue weighted by Gasteiger charge is 2.06. The van der Waals surface area contributed by atoms with Gasteiger partial charge in [0.25, 0.3) is 11.8 Å². The van der Waals surface area contributed by atoms with Crippen molar-refractivity contribution in [2.24, 2.45) is 0 Å². The maximum atomic E-state index is 11.5. The van der Waals surface area contributed by atoms with Gasteiger partial charge in [-0.3, -0.25) is 9.59 Å². The van der Waals surface area contributed by atoms with E-state index in [9.17, 15) is 9.59 Å². The fourth-order valence-corrected chi connectivity index (χ4v) is 1.82. The second-order valence-corrected chi connectivity index (χ2v) is 3.93. The monoisotopic (exact) mass is 242 g/mol. The molecule has 2 N–H and O–H groups in total. The van der Waals surface area contributed by atoms with Crippen molar-refractivity contribution < 1.29 is 9.59 Å². The minimum absolute atomic E-state index is 0.118. The van der Waals surface area contributed by atoms with Gasteiger partial charge in [-0.15, -0.1) is 0 Å². The van der Waals surface area contributed by atoms with Crippen molar-refractivity contribution in [3.63, 3.8) is 0 Å². The van der Waals surface area contributed by atoms with Crippen LogP contribution in [-0.4, -0.2) is 25.9 Å². The summed E-state index contributed by atoms with van der Waals surface area (Å²) >= 11 is 0. The van der Waals surface area contributed by atoms with Gasteiger partial charge in [0.15, 0.2) is 0 Å². The summed E-state index contributed by atoms with van der Waals surface area (Å²) in [6.07, 6.45) is 0. The third-order valence-electron chi connectivity index (χ3n) is 2.82. The van der Waals surface area contributed by atoms with Crippen LogP contribution in [0, 0.1) is 0 Å². The topological polar surface area (TPSA) is 58.2 Å². The van der Waals surface area contributed by atoms with Crippen LogP contribution in [0.4, 0.5) is 0 Å². The molecule has 92 valence electrons. The third kappa shape index (κ3) is 2.18. The average molecular weight is 242 g/mol. The Morgan fingerprint density at radius 3 is 1.50 bits per heavy atom. The molecule has 0 aliphatic heterocycles. The number of hydrogen-bond donors (Lipinski definition) is 2. The van der Waals surface area contributed by atoms with Gasteiger partial charge >= 0.3 is 0 Å². The van der Waals surface area contributed by atoms with Gasteiger partial charge in [-0.05, 0) is 35.0 Å². The summed E-state index contributed by atoms with van der Waals surface area (Å²) in [5, 5.41) is 7.03. The van der Waals surface area contributed by atoms with E-state index in [1.807, 2.05) is 24.3 Å². The Hall–Kier alpha value is -2.36. The summed E-state index contributed by atoms with van der Waals surface area (Å²) in [5.74, 6) is -0.237. The van der Waals surface area contributed by atoms with E-state index in [4.69, 9.17) is 0 Å². The lowest BCUT2D eigenvalue weighted by Crippen LogP contribution is -2.18. The van der Waals surface area contributed by atoms with Crippen LogP contribution in [-0.2, 0) is 0 Å². The fourth-order valence-electron chi connectivity index (χ4n) is 1.82. The first-order valence-electron chi connectivity index (χ1n) is 5.63. The Kier molecular flexibility index (Phi) is 3.28. The van der Waals surface area contributed by atoms with Gasteiger partial charge in [0.1, 0.15) is 0 Å². The fraction of sp³-hybridized carbons (Fsp3) is 0.143. The van der Waals surface area contributed by atoms with Gasteiger partial charge in [0.2, 0.25) is 0 Å². The second-order valence-electron chi connectivity index (χ2n) is 3.93. The Morgan fingerprint density at radius 2 is 1.17 bits per heavy atom. The number of benzene rings is 2. The first-order valence-corrected chi connectivity index (χ1v) is 5.63. The number of amides is 2. The highest BCUT2D eigenvalue weighted by Crippen LogP contribution is 2.18. The Bertz CT molecular complexity index is 565. The van der Waals surface area contributed by atoms with Crippen LogP contribution < -0.4 is 10.6 Å². The quantitative estimate of drug-likeness (QED) is 0.839. The molecule has 0 fully saturated rings. The summed E-state index contributed by atoms with van der Waals surface area (Å²) in [5.41, 5.74) is 1.22. The van der Waals surface area contributed by atoms with Crippen molar-refractivity contribution in [2.45, 2.75) is 0 Å². The van der Waals surface area contributed by atoms with Crippen LogP contribution in [0.25, 0.3) is 10.8 Å². The first kappa shape index (κ1) is 12.1. The van der Waals surface area contributed by atoms with Crippen molar-refractivity contribution in [1.82, 2.24) is 10.6 Å². The van der Waals surface area contributed by atoms with E-state index in [0.29, 0.717) is 11.1 Å². The van der Waals surface area contributed by atoms with Crippen LogP contribution in [0.2, 0.25) is 0 Å². The average Bonchev–Trinajstić information content (AvgIpc) is 2.44. The minimum atomic E-state index is -0.118. The lowest BCUT2D eigenvalue weighted by Gasteiger charge is -2.05. The molecule has 0 aromatic heterocycles. The van der Waals surface area contributed by atoms with E-state index in [1.165, 1.54) is 0 Å². The summed E-state index contributed by atoms with van der Waals surface area (Å²) in [4.78, 5) is 23.0. The normalized spacial score (nSPS) is 10.1. The molecule has 18 heavy (non-hydrogen) atoms. The predicted molar refractivity (Wildman–Crippen MR) is 70.7 cm³/mol. The van der Waals surface area contributed by atoms with Gasteiger partial charge in [0.05, 0.1) is 0 Å². The summed E-state index contributed by atoms with van der Waals surface area (Å²) in [6, 6.07) is 10.8. The van der Waals surface area contributed by atoms with Crippen molar-refractivity contribution in [2.75, 3.05) is 14.1 Å². The zero-order chi connectivity index (χ0) is 13.1. The van der Waals surface area contributed by atoms with Crippen LogP contribution in [0.15, 0.2) is 36.4 Å². The van der Waals surface area contributed by atoms with Gasteiger partial charge in [-0.2, -0.15) is 0 Å². The predicted octanol–water partition coefficient (Wildman–Crippen LogP) is 1.56. The van der Waals surface area contributed by atoms with Gasteiger partial charge < -0.3 is 10.6 Å². The van der Waals surface area contributed by atoms with Crippen LogP contribution >= 0.6 is 0 Å². The molecule has 0 heterocycles. The van der Waals surface area contributed by atoms with Gasteiger partial charge in [-0.25, -0.2) is 0 Å². The standard InChI is InChI=1S/C14H14N2O2/c1-15-13(17)11-5-3-10-8-12(14(18)16-2)6-4-9(10)7-11/h3-8H,1-2H3,(H,15,17)(H,16,18). The van der Waals surface area contributed by atoms with Crippen LogP contribution in [0.1, 0.15) is 20.7 Å². The smallest absolute Gasteiger partial charge is 0.251 e. The Labute approximate surface area is 105 Å². The molecule has 0 unspecified atom stereocenters. The summed E-state index contributed by atoms with van der Waals surface area (Å²) in [7, 11) is 3.20. The van der Waals surface area contributed by atoms with E-state index in [0.717, 1.165) is 10.8 Å². The lowest BCUT2D eigenvalue weighted by molar-refractivity contribution is 0.0955. The highest BCUT2D eigenvalue weighted by atomic mass is 16.2. The number of nitrogens with one attached hydrogen (secondary N) is 2. The number of rotatable bonds is 2. The van der Waals surface area contributed by atoms with Crippen molar-refractivity contribution in [1.29, 1.82) is 0 Å². The molecule has 0 bridgehead atoms. The van der Waals surface area contributed by atoms with Gasteiger partial charge in [0, 0.05) is 25.2 Å². The lowest BCUT2D eigenvalue weighted by atomic mass is 10.0. The zero-order valence-electron chi connectivity index (χ0n) is 10.3. The molecule has 2 rings (SSSR count). The van der Waals surface area contributed by atoms with Crippen molar-refractivity contribution in [3.8, 4) is 0 Å². The van der Waals surface area contributed by atoms with Crippen LogP contribution in [0.3, 0.4) is 0 Å². The van der Waals surface area contributed by atoms with E-state index in [-0.39, 0.29) is 11.8 Å². The number of fused-ring (bicyclic) bond motifs is 1. The summed E-state index contributed by atoms with van der Waals surface area (Å²) in [6.45, 7) is 0. The maximum absolute atomic E-state index is 11.5. The van der Waals surface area contributed by atoms with Crippen molar-refractivity contribution in [3.05, 3.63) is 47.5 Å². The molecular weight excluding hydrogens is 228 g/mol. The van der Waals surface area contributed by atoms with Gasteiger partial charge in [-0.1, -0.05) is 12.1 Å². The highest BCUT2D eigenvalue weighted by molar-refractivity contribution is 6.01. The van der Waals surface area contributed by atoms with E-state index < -0.39 is 0 Å². The number of carbonyl (C=O) groups excluding carboxylic acids is 2. The summed E-state index contributed by atoms with van der Waals surface area (Å²) < 4.78 is 0. The number of carbonyl (C=O) groups is 2. The molecule has 4 nitrogen and oxygen atoms in total. The molecule has 4 heteroatoms. The Balaban J connectivity index is 2.48. The SMILES string of the molecule is CNC(=O)c1ccc2cc(C(=O)NC)ccc2c1. The first-order chi connectivity index (χ1) is 8.65. The Morgan fingerprint density at radius 1 is 0.778 bits per heavy atom. The molecule has 0 atom stereocenters. The maximum Gasteiger partial charge on any atom is 0.251 e. The molecule has 2 aromatic carbocycles. The van der Waals surface area contributed by atoms with E-state index in [1.54, 1.807) is 26.2 Å². The zero-order valence-corrected chi connectivity index (χ0v) is 10.3. The number of hydrogen-bond acceptors (Lipinski definition) is 2. The minimum Gasteiger partial charge on any atom is -0.355 e. The molecule has 0 saturated carbocycles.